The van der Waals surface area contributed by atoms with Crippen LogP contribution < -0.4 is 4.90 Å². The van der Waals surface area contributed by atoms with Crippen LogP contribution in [0.3, 0.4) is 0 Å². The van der Waals surface area contributed by atoms with Crippen molar-refractivity contribution in [2.24, 2.45) is 0 Å². The van der Waals surface area contributed by atoms with Crippen LogP contribution >= 0.6 is 0 Å². The molecule has 0 aliphatic carbocycles. The summed E-state index contributed by atoms with van der Waals surface area (Å²) in [5, 5.41) is 1.04. The standard InChI is InChI=1S/C16H18N4O/c1-3-15(21)19-8-9-20(12(2)11-19)16-17-10-13-6-4-5-7-14(13)18-16/h3-7,10,12H,1,8-9,11H2,2H3/t12-/m0/s1. The zero-order chi connectivity index (χ0) is 14.8. The van der Waals surface area contributed by atoms with Gasteiger partial charge in [-0.2, -0.15) is 0 Å². The summed E-state index contributed by atoms with van der Waals surface area (Å²) in [6.07, 6.45) is 3.22. The van der Waals surface area contributed by atoms with Crippen LogP contribution in [0.2, 0.25) is 0 Å². The lowest BCUT2D eigenvalue weighted by Gasteiger charge is -2.39. The van der Waals surface area contributed by atoms with Gasteiger partial charge in [-0.15, -0.1) is 0 Å². The van der Waals surface area contributed by atoms with Gasteiger partial charge in [-0.1, -0.05) is 24.8 Å². The van der Waals surface area contributed by atoms with Gasteiger partial charge in [0.15, 0.2) is 0 Å². The first-order chi connectivity index (χ1) is 10.2. The average molecular weight is 282 g/mol. The Balaban J connectivity index is 1.83. The molecule has 5 heteroatoms. The van der Waals surface area contributed by atoms with Crippen LogP contribution in [0, 0.1) is 0 Å². The van der Waals surface area contributed by atoms with Crippen molar-refractivity contribution in [3.8, 4) is 0 Å². The molecule has 1 fully saturated rings. The Hall–Kier alpha value is -2.43. The van der Waals surface area contributed by atoms with Crippen molar-refractivity contribution in [3.05, 3.63) is 43.1 Å². The van der Waals surface area contributed by atoms with Gasteiger partial charge in [0, 0.05) is 37.3 Å². The second-order valence-electron chi connectivity index (χ2n) is 5.26. The summed E-state index contributed by atoms with van der Waals surface area (Å²) >= 11 is 0. The molecule has 3 rings (SSSR count). The van der Waals surface area contributed by atoms with Gasteiger partial charge in [-0.3, -0.25) is 4.79 Å². The van der Waals surface area contributed by atoms with Crippen LogP contribution in [-0.4, -0.2) is 46.5 Å². The number of piperazine rings is 1. The monoisotopic (exact) mass is 282 g/mol. The van der Waals surface area contributed by atoms with Crippen molar-refractivity contribution in [3.63, 3.8) is 0 Å². The molecule has 0 bridgehead atoms. The molecule has 1 saturated heterocycles. The fourth-order valence-electron chi connectivity index (χ4n) is 2.68. The van der Waals surface area contributed by atoms with Gasteiger partial charge in [-0.05, 0) is 19.1 Å². The highest BCUT2D eigenvalue weighted by atomic mass is 16.2. The number of nitrogens with zero attached hydrogens (tertiary/aromatic N) is 4. The second-order valence-corrected chi connectivity index (χ2v) is 5.26. The van der Waals surface area contributed by atoms with E-state index in [9.17, 15) is 4.79 Å². The van der Waals surface area contributed by atoms with Gasteiger partial charge in [0.1, 0.15) is 0 Å². The number of benzene rings is 1. The molecule has 2 aromatic rings. The van der Waals surface area contributed by atoms with Crippen molar-refractivity contribution in [1.29, 1.82) is 0 Å². The van der Waals surface area contributed by atoms with Crippen molar-refractivity contribution >= 4 is 22.8 Å². The number of carbonyl (C=O) groups excluding carboxylic acids is 1. The Morgan fingerprint density at radius 3 is 2.95 bits per heavy atom. The summed E-state index contributed by atoms with van der Waals surface area (Å²) < 4.78 is 0. The maximum atomic E-state index is 11.7. The van der Waals surface area contributed by atoms with Gasteiger partial charge in [0.05, 0.1) is 5.52 Å². The molecule has 0 spiro atoms. The van der Waals surface area contributed by atoms with Crippen LogP contribution in [0.1, 0.15) is 6.92 Å². The zero-order valence-corrected chi connectivity index (χ0v) is 12.1. The number of amides is 1. The maximum absolute atomic E-state index is 11.7. The van der Waals surface area contributed by atoms with Crippen molar-refractivity contribution < 1.29 is 4.79 Å². The van der Waals surface area contributed by atoms with Crippen LogP contribution in [0.25, 0.3) is 10.9 Å². The van der Waals surface area contributed by atoms with Gasteiger partial charge in [0.25, 0.3) is 0 Å². The zero-order valence-electron chi connectivity index (χ0n) is 12.1. The third kappa shape index (κ3) is 2.59. The molecule has 1 aliphatic heterocycles. The normalized spacial score (nSPS) is 18.8. The lowest BCUT2D eigenvalue weighted by molar-refractivity contribution is -0.126. The molecule has 0 N–H and O–H groups in total. The molecule has 108 valence electrons. The Bertz CT molecular complexity index is 685. The first kappa shape index (κ1) is 13.5. The molecular formula is C16H18N4O. The van der Waals surface area contributed by atoms with Crippen molar-refractivity contribution in [2.45, 2.75) is 13.0 Å². The van der Waals surface area contributed by atoms with Crippen molar-refractivity contribution in [2.75, 3.05) is 24.5 Å². The molecule has 1 atom stereocenters. The third-order valence-corrected chi connectivity index (χ3v) is 3.85. The van der Waals surface area contributed by atoms with Crippen LogP contribution in [0.5, 0.6) is 0 Å². The molecule has 0 unspecified atom stereocenters. The highest BCUT2D eigenvalue weighted by molar-refractivity contribution is 5.87. The SMILES string of the molecule is C=CC(=O)N1CCN(c2ncc3ccccc3n2)[C@@H](C)C1. The highest BCUT2D eigenvalue weighted by Crippen LogP contribution is 2.19. The molecule has 21 heavy (non-hydrogen) atoms. The van der Waals surface area contributed by atoms with Crippen LogP contribution in [-0.2, 0) is 4.79 Å². The highest BCUT2D eigenvalue weighted by Gasteiger charge is 2.27. The van der Waals surface area contributed by atoms with E-state index in [1.54, 1.807) is 0 Å². The number of para-hydroxylation sites is 1. The number of fused-ring (bicyclic) bond motifs is 1. The van der Waals surface area contributed by atoms with Crippen LogP contribution in [0.4, 0.5) is 5.95 Å². The predicted molar refractivity (Wildman–Crippen MR) is 83.1 cm³/mol. The molecule has 0 radical (unpaired) electrons. The van der Waals surface area contributed by atoms with Gasteiger partial charge < -0.3 is 9.80 Å². The fourth-order valence-corrected chi connectivity index (χ4v) is 2.68. The van der Waals surface area contributed by atoms with E-state index in [0.29, 0.717) is 13.1 Å². The Labute approximate surface area is 123 Å². The number of aromatic nitrogens is 2. The topological polar surface area (TPSA) is 49.3 Å². The average Bonchev–Trinajstić information content (AvgIpc) is 2.53. The number of hydrogen-bond acceptors (Lipinski definition) is 4. The lowest BCUT2D eigenvalue weighted by Crippen LogP contribution is -2.53. The van der Waals surface area contributed by atoms with Gasteiger partial charge >= 0.3 is 0 Å². The number of hydrogen-bond donors (Lipinski definition) is 0. The first-order valence-corrected chi connectivity index (χ1v) is 7.09. The van der Waals surface area contributed by atoms with E-state index in [4.69, 9.17) is 0 Å². The van der Waals surface area contributed by atoms with Crippen molar-refractivity contribution in [1.82, 2.24) is 14.9 Å². The van der Waals surface area contributed by atoms with E-state index in [1.807, 2.05) is 35.4 Å². The summed E-state index contributed by atoms with van der Waals surface area (Å²) in [5.74, 6) is 0.716. The quantitative estimate of drug-likeness (QED) is 0.789. The minimum atomic E-state index is -0.0130. The summed E-state index contributed by atoms with van der Waals surface area (Å²) in [5.41, 5.74) is 0.944. The number of rotatable bonds is 2. The Morgan fingerprint density at radius 2 is 2.19 bits per heavy atom. The van der Waals surface area contributed by atoms with E-state index in [1.165, 1.54) is 6.08 Å². The van der Waals surface area contributed by atoms with E-state index in [-0.39, 0.29) is 11.9 Å². The minimum absolute atomic E-state index is 0.0130. The minimum Gasteiger partial charge on any atom is -0.335 e. The molecule has 1 aliphatic rings. The Kier molecular flexibility index (Phi) is 3.56. The van der Waals surface area contributed by atoms with E-state index in [2.05, 4.69) is 28.4 Å². The summed E-state index contributed by atoms with van der Waals surface area (Å²) in [6.45, 7) is 7.70. The fraction of sp³-hybridized carbons (Fsp3) is 0.312. The number of carbonyl (C=O) groups is 1. The van der Waals surface area contributed by atoms with Gasteiger partial charge in [0.2, 0.25) is 11.9 Å². The summed E-state index contributed by atoms with van der Waals surface area (Å²) in [4.78, 5) is 24.7. The molecule has 2 heterocycles. The molecule has 5 nitrogen and oxygen atoms in total. The van der Waals surface area contributed by atoms with Gasteiger partial charge in [-0.25, -0.2) is 9.97 Å². The predicted octanol–water partition coefficient (Wildman–Crippen LogP) is 1.85. The third-order valence-electron chi connectivity index (χ3n) is 3.85. The second kappa shape index (κ2) is 5.52. The Morgan fingerprint density at radius 1 is 1.38 bits per heavy atom. The van der Waals surface area contributed by atoms with E-state index >= 15 is 0 Å². The van der Waals surface area contributed by atoms with E-state index in [0.717, 1.165) is 23.4 Å². The summed E-state index contributed by atoms with van der Waals surface area (Å²) in [6, 6.07) is 8.13. The molecule has 0 saturated carbocycles. The molecule has 1 aromatic carbocycles. The molecule has 1 amide bonds. The number of anilines is 1. The largest absolute Gasteiger partial charge is 0.335 e. The van der Waals surface area contributed by atoms with E-state index < -0.39 is 0 Å². The maximum Gasteiger partial charge on any atom is 0.246 e. The van der Waals surface area contributed by atoms with Crippen LogP contribution in [0.15, 0.2) is 43.1 Å². The first-order valence-electron chi connectivity index (χ1n) is 7.09. The molecular weight excluding hydrogens is 264 g/mol. The molecule has 1 aromatic heterocycles. The summed E-state index contributed by atoms with van der Waals surface area (Å²) in [7, 11) is 0. The lowest BCUT2D eigenvalue weighted by atomic mass is 10.2. The smallest absolute Gasteiger partial charge is 0.246 e.